The molecule has 1 aromatic heterocycles. The molecule has 0 saturated heterocycles. The zero-order valence-electron chi connectivity index (χ0n) is 16.0. The number of hydrogen-bond donors (Lipinski definition) is 1. The van der Waals surface area contributed by atoms with Gasteiger partial charge in [-0.15, -0.1) is 11.3 Å². The van der Waals surface area contributed by atoms with E-state index in [1.165, 1.54) is 21.7 Å². The third-order valence-corrected chi connectivity index (χ3v) is 7.53. The van der Waals surface area contributed by atoms with Crippen LogP contribution < -0.4 is 9.62 Å². The van der Waals surface area contributed by atoms with E-state index in [9.17, 15) is 17.6 Å². The van der Waals surface area contributed by atoms with E-state index in [0.717, 1.165) is 5.56 Å². The number of fused-ring (bicyclic) bond motifs is 1. The lowest BCUT2D eigenvalue weighted by Gasteiger charge is -2.19. The normalized spacial score (nSPS) is 13.3. The molecule has 156 valence electrons. The molecular weight excluding hydrogens is 425 g/mol. The van der Waals surface area contributed by atoms with Crippen molar-refractivity contribution < 1.29 is 17.6 Å². The summed E-state index contributed by atoms with van der Waals surface area (Å²) in [6.45, 7) is 0.404. The zero-order chi connectivity index (χ0) is 21.1. The summed E-state index contributed by atoms with van der Waals surface area (Å²) in [6, 6.07) is 13.9. The average Bonchev–Trinajstić information content (AvgIpc) is 3.37. The highest BCUT2D eigenvalue weighted by Gasteiger charge is 2.28. The van der Waals surface area contributed by atoms with Crippen LogP contribution in [-0.2, 0) is 22.9 Å². The number of thiazole rings is 1. The van der Waals surface area contributed by atoms with Crippen molar-refractivity contribution in [1.29, 1.82) is 0 Å². The summed E-state index contributed by atoms with van der Waals surface area (Å²) in [4.78, 5) is 16.6. The van der Waals surface area contributed by atoms with Crippen LogP contribution >= 0.6 is 11.3 Å². The first-order valence-corrected chi connectivity index (χ1v) is 12.0. The third-order valence-electron chi connectivity index (χ3n) is 4.91. The number of anilines is 1. The Morgan fingerprint density at radius 2 is 1.93 bits per heavy atom. The summed E-state index contributed by atoms with van der Waals surface area (Å²) in [5.41, 5.74) is 2.43. The summed E-state index contributed by atoms with van der Waals surface area (Å²) in [5, 5.41) is 4.83. The number of amides is 1. The standard InChI is InChI=1S/C21H20FN3O3S2/c22-17-7-3-1-6-16(17)13-20-24-18(14-29-20)21(26)23-10-12-30(27,28)25-11-9-15-5-2-4-8-19(15)25/h1-8,14H,9-13H2,(H,23,26). The first-order valence-electron chi connectivity index (χ1n) is 9.48. The molecule has 2 aromatic carbocycles. The van der Waals surface area contributed by atoms with Crippen molar-refractivity contribution in [2.24, 2.45) is 0 Å². The van der Waals surface area contributed by atoms with Crippen molar-refractivity contribution in [2.45, 2.75) is 12.8 Å². The summed E-state index contributed by atoms with van der Waals surface area (Å²) < 4.78 is 40.5. The number of carbonyl (C=O) groups is 1. The number of hydrogen-bond acceptors (Lipinski definition) is 5. The lowest BCUT2D eigenvalue weighted by atomic mass is 10.1. The number of benzene rings is 2. The first kappa shape index (κ1) is 20.5. The predicted octanol–water partition coefficient (Wildman–Crippen LogP) is 3.00. The number of para-hydroxylation sites is 1. The molecular formula is C21H20FN3O3S2. The lowest BCUT2D eigenvalue weighted by Crippen LogP contribution is -2.37. The fourth-order valence-electron chi connectivity index (χ4n) is 3.39. The summed E-state index contributed by atoms with van der Waals surface area (Å²) in [6.07, 6.45) is 0.985. The summed E-state index contributed by atoms with van der Waals surface area (Å²) in [7, 11) is -3.53. The van der Waals surface area contributed by atoms with Crippen molar-refractivity contribution in [2.75, 3.05) is 23.1 Å². The summed E-state index contributed by atoms with van der Waals surface area (Å²) >= 11 is 1.27. The Morgan fingerprint density at radius 1 is 1.17 bits per heavy atom. The second-order valence-electron chi connectivity index (χ2n) is 6.92. The second kappa shape index (κ2) is 8.53. The van der Waals surface area contributed by atoms with Gasteiger partial charge in [0.1, 0.15) is 11.5 Å². The maximum Gasteiger partial charge on any atom is 0.270 e. The Labute approximate surface area is 178 Å². The van der Waals surface area contributed by atoms with Crippen LogP contribution in [0.15, 0.2) is 53.9 Å². The minimum absolute atomic E-state index is 0.0139. The van der Waals surface area contributed by atoms with Gasteiger partial charge in [-0.1, -0.05) is 36.4 Å². The van der Waals surface area contributed by atoms with Crippen molar-refractivity contribution in [3.63, 3.8) is 0 Å². The van der Waals surface area contributed by atoms with Crippen molar-refractivity contribution in [1.82, 2.24) is 10.3 Å². The summed E-state index contributed by atoms with van der Waals surface area (Å²) in [5.74, 6) is -0.949. The van der Waals surface area contributed by atoms with Gasteiger partial charge in [-0.3, -0.25) is 9.10 Å². The molecule has 6 nitrogen and oxygen atoms in total. The van der Waals surface area contributed by atoms with E-state index in [-0.39, 0.29) is 23.8 Å². The predicted molar refractivity (Wildman–Crippen MR) is 115 cm³/mol. The van der Waals surface area contributed by atoms with Gasteiger partial charge in [0.25, 0.3) is 5.91 Å². The van der Waals surface area contributed by atoms with E-state index < -0.39 is 15.9 Å². The minimum Gasteiger partial charge on any atom is -0.350 e. The van der Waals surface area contributed by atoms with Crippen molar-refractivity contribution in [3.05, 3.63) is 81.6 Å². The number of halogens is 1. The van der Waals surface area contributed by atoms with E-state index >= 15 is 0 Å². The van der Waals surface area contributed by atoms with Crippen LogP contribution in [0.3, 0.4) is 0 Å². The Morgan fingerprint density at radius 3 is 2.77 bits per heavy atom. The first-order chi connectivity index (χ1) is 14.4. The molecule has 30 heavy (non-hydrogen) atoms. The molecule has 1 amide bonds. The van der Waals surface area contributed by atoms with Gasteiger partial charge in [-0.25, -0.2) is 17.8 Å². The van der Waals surface area contributed by atoms with Gasteiger partial charge in [-0.2, -0.15) is 0 Å². The molecule has 0 atom stereocenters. The molecule has 1 aliphatic heterocycles. The second-order valence-corrected chi connectivity index (χ2v) is 9.87. The largest absolute Gasteiger partial charge is 0.350 e. The van der Waals surface area contributed by atoms with Gasteiger partial charge in [0.2, 0.25) is 10.0 Å². The number of carbonyl (C=O) groups excluding carboxylic acids is 1. The molecule has 0 spiro atoms. The average molecular weight is 446 g/mol. The number of nitrogens with one attached hydrogen (secondary N) is 1. The highest BCUT2D eigenvalue weighted by atomic mass is 32.2. The molecule has 1 N–H and O–H groups in total. The van der Waals surface area contributed by atoms with Crippen molar-refractivity contribution >= 4 is 33.0 Å². The molecule has 2 heterocycles. The van der Waals surface area contributed by atoms with Crippen LogP contribution in [0.1, 0.15) is 26.6 Å². The van der Waals surface area contributed by atoms with Crippen molar-refractivity contribution in [3.8, 4) is 0 Å². The van der Waals surface area contributed by atoms with Gasteiger partial charge >= 0.3 is 0 Å². The molecule has 9 heteroatoms. The number of aromatic nitrogens is 1. The molecule has 3 aromatic rings. The van der Waals surface area contributed by atoms with Gasteiger partial charge in [0.15, 0.2) is 0 Å². The quantitative estimate of drug-likeness (QED) is 0.606. The van der Waals surface area contributed by atoms with Gasteiger partial charge in [0, 0.05) is 24.9 Å². The molecule has 1 aliphatic rings. The maximum absolute atomic E-state index is 13.8. The molecule has 0 bridgehead atoms. The Bertz CT molecular complexity index is 1180. The Hall–Kier alpha value is -2.78. The van der Waals surface area contributed by atoms with E-state index in [0.29, 0.717) is 35.6 Å². The zero-order valence-corrected chi connectivity index (χ0v) is 17.7. The number of nitrogens with zero attached hydrogens (tertiary/aromatic N) is 2. The molecule has 4 rings (SSSR count). The molecule has 0 fully saturated rings. The van der Waals surface area contributed by atoms with Crippen LogP contribution in [0.5, 0.6) is 0 Å². The molecule has 0 unspecified atom stereocenters. The van der Waals surface area contributed by atoms with Gasteiger partial charge in [0.05, 0.1) is 16.4 Å². The highest BCUT2D eigenvalue weighted by Crippen LogP contribution is 2.29. The van der Waals surface area contributed by atoms with Crippen LogP contribution in [0.2, 0.25) is 0 Å². The monoisotopic (exact) mass is 445 g/mol. The fraction of sp³-hybridized carbons (Fsp3) is 0.238. The lowest BCUT2D eigenvalue weighted by molar-refractivity contribution is 0.0951. The van der Waals surface area contributed by atoms with Gasteiger partial charge in [-0.05, 0) is 29.7 Å². The highest BCUT2D eigenvalue weighted by molar-refractivity contribution is 7.92. The SMILES string of the molecule is O=C(NCCS(=O)(=O)N1CCc2ccccc21)c1csc(Cc2ccccc2F)n1. The maximum atomic E-state index is 13.8. The molecule has 0 saturated carbocycles. The molecule has 0 radical (unpaired) electrons. The Balaban J connectivity index is 1.33. The van der Waals surface area contributed by atoms with Crippen LogP contribution in [0, 0.1) is 5.82 Å². The third kappa shape index (κ3) is 4.36. The number of rotatable bonds is 7. The topological polar surface area (TPSA) is 79.4 Å². The van der Waals surface area contributed by atoms with E-state index in [1.807, 2.05) is 18.2 Å². The number of sulfonamides is 1. The van der Waals surface area contributed by atoms with Crippen LogP contribution in [0.25, 0.3) is 0 Å². The molecule has 0 aliphatic carbocycles. The van der Waals surface area contributed by atoms with Gasteiger partial charge < -0.3 is 5.32 Å². The fourth-order valence-corrected chi connectivity index (χ4v) is 5.62. The van der Waals surface area contributed by atoms with E-state index in [2.05, 4.69) is 10.3 Å². The van der Waals surface area contributed by atoms with Crippen LogP contribution in [-0.4, -0.2) is 38.2 Å². The van der Waals surface area contributed by atoms with Crippen LogP contribution in [0.4, 0.5) is 10.1 Å². The van der Waals surface area contributed by atoms with E-state index in [1.54, 1.807) is 29.6 Å². The smallest absolute Gasteiger partial charge is 0.270 e. The Kier molecular flexibility index (Phi) is 5.83. The van der Waals surface area contributed by atoms with E-state index in [4.69, 9.17) is 0 Å². The minimum atomic E-state index is -3.53.